The van der Waals surface area contributed by atoms with Crippen LogP contribution in [0.4, 0.5) is 0 Å². The highest BCUT2D eigenvalue weighted by Crippen LogP contribution is 2.22. The van der Waals surface area contributed by atoms with Gasteiger partial charge in [0.05, 0.1) is 12.0 Å². The number of hydrogen-bond acceptors (Lipinski definition) is 2. The van der Waals surface area contributed by atoms with Crippen molar-refractivity contribution >= 4 is 29.9 Å². The minimum Gasteiger partial charge on any atom is -0.349 e. The molecule has 3 N–H and O–H groups in total. The quantitative estimate of drug-likeness (QED) is 0.843. The van der Waals surface area contributed by atoms with Crippen LogP contribution in [-0.4, -0.2) is 5.91 Å². The second-order valence-corrected chi connectivity index (χ2v) is 5.95. The topological polar surface area (TPSA) is 55.1 Å². The Hall–Kier alpha value is -1.55. The molecular formula is C18H22Cl2N2O. The van der Waals surface area contributed by atoms with Gasteiger partial charge in [0.2, 0.25) is 5.91 Å². The van der Waals surface area contributed by atoms with Gasteiger partial charge in [-0.2, -0.15) is 0 Å². The molecular weight excluding hydrogens is 331 g/mol. The molecule has 0 saturated heterocycles. The molecule has 3 unspecified atom stereocenters. The Kier molecular flexibility index (Phi) is 7.56. The van der Waals surface area contributed by atoms with E-state index in [9.17, 15) is 4.79 Å². The fourth-order valence-corrected chi connectivity index (χ4v) is 2.53. The third-order valence-corrected chi connectivity index (χ3v) is 4.08. The molecule has 0 saturated carbocycles. The predicted molar refractivity (Wildman–Crippen MR) is 97.8 cm³/mol. The van der Waals surface area contributed by atoms with Crippen molar-refractivity contribution in [3.63, 3.8) is 0 Å². The van der Waals surface area contributed by atoms with Crippen molar-refractivity contribution < 1.29 is 4.79 Å². The molecule has 0 bridgehead atoms. The lowest BCUT2D eigenvalue weighted by atomic mass is 9.94. The first kappa shape index (κ1) is 19.5. The molecule has 3 nitrogen and oxygen atoms in total. The number of carbonyl (C=O) groups is 1. The molecule has 5 heteroatoms. The first-order valence-electron chi connectivity index (χ1n) is 7.35. The van der Waals surface area contributed by atoms with Gasteiger partial charge in [-0.3, -0.25) is 4.79 Å². The number of nitrogens with one attached hydrogen (secondary N) is 1. The number of carbonyl (C=O) groups excluding carboxylic acids is 1. The molecule has 2 aromatic rings. The van der Waals surface area contributed by atoms with E-state index in [0.717, 1.165) is 11.1 Å². The van der Waals surface area contributed by atoms with Gasteiger partial charge >= 0.3 is 0 Å². The van der Waals surface area contributed by atoms with Crippen molar-refractivity contribution in [1.29, 1.82) is 0 Å². The average molecular weight is 353 g/mol. The molecule has 1 amide bonds. The summed E-state index contributed by atoms with van der Waals surface area (Å²) in [6.07, 6.45) is 0. The summed E-state index contributed by atoms with van der Waals surface area (Å²) in [4.78, 5) is 12.4. The zero-order valence-electron chi connectivity index (χ0n) is 13.2. The third-order valence-electron chi connectivity index (χ3n) is 3.84. The van der Waals surface area contributed by atoms with Crippen LogP contribution < -0.4 is 11.1 Å². The standard InChI is InChI=1S/C18H21ClN2O.ClH/c1-12(17(20)14-7-4-3-5-8-14)18(22)21-13(2)15-9-6-10-16(19)11-15;/h3-13,17H,20H2,1-2H3,(H,21,22);1H. The largest absolute Gasteiger partial charge is 0.349 e. The molecule has 0 radical (unpaired) electrons. The Bertz CT molecular complexity index is 634. The van der Waals surface area contributed by atoms with Crippen molar-refractivity contribution in [2.45, 2.75) is 25.9 Å². The number of amides is 1. The number of rotatable bonds is 5. The lowest BCUT2D eigenvalue weighted by molar-refractivity contribution is -0.125. The van der Waals surface area contributed by atoms with E-state index in [1.807, 2.05) is 68.4 Å². The van der Waals surface area contributed by atoms with E-state index < -0.39 is 0 Å². The summed E-state index contributed by atoms with van der Waals surface area (Å²) in [5.74, 6) is -0.382. The summed E-state index contributed by atoms with van der Waals surface area (Å²) in [6.45, 7) is 3.78. The van der Waals surface area contributed by atoms with Gasteiger partial charge in [-0.05, 0) is 30.2 Å². The zero-order chi connectivity index (χ0) is 16.1. The Morgan fingerprint density at radius 3 is 2.26 bits per heavy atom. The van der Waals surface area contributed by atoms with E-state index in [1.54, 1.807) is 0 Å². The van der Waals surface area contributed by atoms with Crippen LogP contribution in [0.3, 0.4) is 0 Å². The molecule has 124 valence electrons. The summed E-state index contributed by atoms with van der Waals surface area (Å²) in [5.41, 5.74) is 8.13. The normalized spacial score (nSPS) is 14.3. The van der Waals surface area contributed by atoms with Crippen molar-refractivity contribution in [3.8, 4) is 0 Å². The Morgan fingerprint density at radius 2 is 1.65 bits per heavy atom. The maximum absolute atomic E-state index is 12.4. The van der Waals surface area contributed by atoms with Crippen LogP contribution in [0.15, 0.2) is 54.6 Å². The molecule has 0 spiro atoms. The van der Waals surface area contributed by atoms with Crippen molar-refractivity contribution in [1.82, 2.24) is 5.32 Å². The second kappa shape index (κ2) is 8.92. The minimum absolute atomic E-state index is 0. The van der Waals surface area contributed by atoms with Crippen LogP contribution in [-0.2, 0) is 4.79 Å². The van der Waals surface area contributed by atoms with Crippen LogP contribution in [0.2, 0.25) is 5.02 Å². The molecule has 2 aromatic carbocycles. The predicted octanol–water partition coefficient (Wildman–Crippen LogP) is 4.28. The zero-order valence-corrected chi connectivity index (χ0v) is 14.8. The van der Waals surface area contributed by atoms with Crippen LogP contribution >= 0.6 is 24.0 Å². The van der Waals surface area contributed by atoms with Crippen LogP contribution in [0.5, 0.6) is 0 Å². The highest BCUT2D eigenvalue weighted by molar-refractivity contribution is 6.30. The molecule has 0 aliphatic rings. The van der Waals surface area contributed by atoms with E-state index >= 15 is 0 Å². The van der Waals surface area contributed by atoms with Crippen LogP contribution in [0.1, 0.15) is 37.1 Å². The minimum atomic E-state index is -0.326. The van der Waals surface area contributed by atoms with Gasteiger partial charge in [-0.25, -0.2) is 0 Å². The monoisotopic (exact) mass is 352 g/mol. The molecule has 0 heterocycles. The Morgan fingerprint density at radius 1 is 1.04 bits per heavy atom. The highest BCUT2D eigenvalue weighted by atomic mass is 35.5. The smallest absolute Gasteiger partial charge is 0.225 e. The summed E-state index contributed by atoms with van der Waals surface area (Å²) in [7, 11) is 0. The lowest BCUT2D eigenvalue weighted by Gasteiger charge is -2.22. The summed E-state index contributed by atoms with van der Waals surface area (Å²) < 4.78 is 0. The first-order valence-corrected chi connectivity index (χ1v) is 7.73. The van der Waals surface area contributed by atoms with E-state index in [2.05, 4.69) is 5.32 Å². The summed E-state index contributed by atoms with van der Waals surface area (Å²) in [6, 6.07) is 16.7. The molecule has 0 aromatic heterocycles. The van der Waals surface area contributed by atoms with Crippen molar-refractivity contribution in [2.75, 3.05) is 0 Å². The van der Waals surface area contributed by atoms with Crippen LogP contribution in [0, 0.1) is 5.92 Å². The van der Waals surface area contributed by atoms with E-state index in [1.165, 1.54) is 0 Å². The van der Waals surface area contributed by atoms with Gasteiger partial charge in [-0.15, -0.1) is 12.4 Å². The molecule has 23 heavy (non-hydrogen) atoms. The Labute approximate surface area is 148 Å². The molecule has 3 atom stereocenters. The molecule has 0 fully saturated rings. The second-order valence-electron chi connectivity index (χ2n) is 5.51. The van der Waals surface area contributed by atoms with Gasteiger partial charge in [-0.1, -0.05) is 61.0 Å². The van der Waals surface area contributed by atoms with E-state index in [4.69, 9.17) is 17.3 Å². The van der Waals surface area contributed by atoms with Gasteiger partial charge in [0.25, 0.3) is 0 Å². The van der Waals surface area contributed by atoms with Crippen molar-refractivity contribution in [2.24, 2.45) is 11.7 Å². The summed E-state index contributed by atoms with van der Waals surface area (Å²) >= 11 is 5.99. The SMILES string of the molecule is CC(NC(=O)C(C)C(N)c1ccccc1)c1cccc(Cl)c1.Cl. The fourth-order valence-electron chi connectivity index (χ4n) is 2.33. The number of hydrogen-bond donors (Lipinski definition) is 2. The number of halogens is 2. The lowest BCUT2D eigenvalue weighted by Crippen LogP contribution is -2.36. The third kappa shape index (κ3) is 5.24. The van der Waals surface area contributed by atoms with E-state index in [-0.39, 0.29) is 36.3 Å². The highest BCUT2D eigenvalue weighted by Gasteiger charge is 2.23. The van der Waals surface area contributed by atoms with Gasteiger partial charge in [0, 0.05) is 11.1 Å². The maximum atomic E-state index is 12.4. The summed E-state index contributed by atoms with van der Waals surface area (Å²) in [5, 5.41) is 3.66. The number of nitrogens with two attached hydrogens (primary N) is 1. The Balaban J connectivity index is 0.00000264. The molecule has 0 aliphatic heterocycles. The average Bonchev–Trinajstić information content (AvgIpc) is 2.54. The maximum Gasteiger partial charge on any atom is 0.225 e. The van der Waals surface area contributed by atoms with Gasteiger partial charge in [0.1, 0.15) is 0 Å². The van der Waals surface area contributed by atoms with Gasteiger partial charge in [0.15, 0.2) is 0 Å². The fraction of sp³-hybridized carbons (Fsp3) is 0.278. The van der Waals surface area contributed by atoms with E-state index in [0.29, 0.717) is 5.02 Å². The van der Waals surface area contributed by atoms with Gasteiger partial charge < -0.3 is 11.1 Å². The molecule has 0 aliphatic carbocycles. The number of benzene rings is 2. The van der Waals surface area contributed by atoms with Crippen molar-refractivity contribution in [3.05, 3.63) is 70.7 Å². The van der Waals surface area contributed by atoms with Crippen LogP contribution in [0.25, 0.3) is 0 Å². The first-order chi connectivity index (χ1) is 10.5. The molecule has 2 rings (SSSR count).